The van der Waals surface area contributed by atoms with Gasteiger partial charge in [0.25, 0.3) is 0 Å². The summed E-state index contributed by atoms with van der Waals surface area (Å²) in [5.41, 5.74) is -1.31. The number of benzene rings is 1. The molecule has 30 heavy (non-hydrogen) atoms. The molecule has 2 atom stereocenters. The van der Waals surface area contributed by atoms with Crippen molar-refractivity contribution in [3.8, 4) is 0 Å². The summed E-state index contributed by atoms with van der Waals surface area (Å²) in [5, 5.41) is 3.36. The minimum Gasteiger partial charge on any atom is -0.351 e. The van der Waals surface area contributed by atoms with Crippen LogP contribution in [0.25, 0.3) is 0 Å². The van der Waals surface area contributed by atoms with Crippen molar-refractivity contribution in [3.05, 3.63) is 29.3 Å². The normalized spacial score (nSPS) is 36.2. The van der Waals surface area contributed by atoms with Crippen LogP contribution in [0, 0.1) is 23.2 Å². The molecule has 6 nitrogen and oxygen atoms in total. The highest BCUT2D eigenvalue weighted by molar-refractivity contribution is 7.89. The highest BCUT2D eigenvalue weighted by atomic mass is 35.5. The molecule has 8 heteroatoms. The summed E-state index contributed by atoms with van der Waals surface area (Å²) in [7, 11) is -3.92. The van der Waals surface area contributed by atoms with Crippen molar-refractivity contribution in [3.63, 3.8) is 0 Å². The maximum atomic E-state index is 13.3. The SMILES string of the molecule is O=CC12CC3CC(C1)C(NC(=O)C1(NS(=O)(=O)c4ccccc4Cl)CCC1)C(C3)C2. The number of rotatable bonds is 6. The third-order valence-corrected chi connectivity index (χ3v) is 10.0. The Hall–Kier alpha value is -1.44. The lowest BCUT2D eigenvalue weighted by Crippen LogP contribution is -2.67. The van der Waals surface area contributed by atoms with Gasteiger partial charge in [0, 0.05) is 11.5 Å². The van der Waals surface area contributed by atoms with Crippen LogP contribution in [0.15, 0.2) is 29.2 Å². The van der Waals surface area contributed by atoms with Crippen LogP contribution in [0.4, 0.5) is 0 Å². The van der Waals surface area contributed by atoms with Crippen molar-refractivity contribution >= 4 is 33.8 Å². The van der Waals surface area contributed by atoms with E-state index in [0.717, 1.165) is 44.8 Å². The van der Waals surface area contributed by atoms with Gasteiger partial charge in [-0.15, -0.1) is 0 Å². The number of carbonyl (C=O) groups is 2. The van der Waals surface area contributed by atoms with E-state index in [9.17, 15) is 18.0 Å². The molecule has 6 rings (SSSR count). The van der Waals surface area contributed by atoms with E-state index in [1.165, 1.54) is 12.1 Å². The molecule has 4 bridgehead atoms. The minimum absolute atomic E-state index is 0.00621. The number of hydrogen-bond acceptors (Lipinski definition) is 4. The molecule has 0 aromatic heterocycles. The number of nitrogens with one attached hydrogen (secondary N) is 2. The molecule has 5 aliphatic carbocycles. The second kappa shape index (κ2) is 7.04. The highest BCUT2D eigenvalue weighted by Gasteiger charge is 2.57. The first-order chi connectivity index (χ1) is 14.3. The van der Waals surface area contributed by atoms with Crippen LogP contribution in [0.5, 0.6) is 0 Å². The molecule has 0 spiro atoms. The third kappa shape index (κ3) is 3.21. The number of amides is 1. The van der Waals surface area contributed by atoms with Crippen molar-refractivity contribution in [1.29, 1.82) is 0 Å². The Labute approximate surface area is 182 Å². The Morgan fingerprint density at radius 3 is 2.33 bits per heavy atom. The lowest BCUT2D eigenvalue weighted by molar-refractivity contribution is -0.141. The van der Waals surface area contributed by atoms with Gasteiger partial charge in [-0.3, -0.25) is 4.79 Å². The Morgan fingerprint density at radius 1 is 1.10 bits per heavy atom. The molecular formula is C22H27ClN2O4S. The van der Waals surface area contributed by atoms with Crippen molar-refractivity contribution in [2.24, 2.45) is 23.2 Å². The maximum absolute atomic E-state index is 13.3. The van der Waals surface area contributed by atoms with Gasteiger partial charge in [-0.2, -0.15) is 4.72 Å². The first-order valence-electron chi connectivity index (χ1n) is 10.8. The molecule has 2 N–H and O–H groups in total. The van der Waals surface area contributed by atoms with E-state index in [1.54, 1.807) is 12.1 Å². The van der Waals surface area contributed by atoms with Gasteiger partial charge in [-0.25, -0.2) is 8.42 Å². The quantitative estimate of drug-likeness (QED) is 0.651. The Kier molecular flexibility index (Phi) is 4.80. The van der Waals surface area contributed by atoms with Crippen molar-refractivity contribution in [2.45, 2.75) is 67.8 Å². The molecule has 0 aliphatic heterocycles. The first-order valence-corrected chi connectivity index (χ1v) is 12.7. The van der Waals surface area contributed by atoms with Gasteiger partial charge < -0.3 is 10.1 Å². The molecule has 1 aromatic carbocycles. The summed E-state index contributed by atoms with van der Waals surface area (Å²) < 4.78 is 28.6. The smallest absolute Gasteiger partial charge is 0.243 e. The second-order valence-corrected chi connectivity index (χ2v) is 12.0. The zero-order valence-electron chi connectivity index (χ0n) is 16.8. The van der Waals surface area contributed by atoms with Crippen molar-refractivity contribution in [2.75, 3.05) is 0 Å². The monoisotopic (exact) mass is 450 g/mol. The van der Waals surface area contributed by atoms with Crippen molar-refractivity contribution < 1.29 is 18.0 Å². The van der Waals surface area contributed by atoms with E-state index in [0.29, 0.717) is 30.6 Å². The van der Waals surface area contributed by atoms with E-state index in [2.05, 4.69) is 10.0 Å². The first kappa shape index (κ1) is 20.5. The molecule has 0 radical (unpaired) electrons. The standard InChI is InChI=1S/C22H27ClN2O4S/c23-17-4-1-2-5-18(17)30(28,29)25-22(6-3-7-22)20(27)24-19-15-8-14-9-16(19)12-21(10-14,11-15)13-26/h1-2,4-5,13-16,19,25H,3,6-12H2,(H,24,27). The average molecular weight is 451 g/mol. The number of halogens is 1. The number of sulfonamides is 1. The largest absolute Gasteiger partial charge is 0.351 e. The van der Waals surface area contributed by atoms with Crippen LogP contribution in [0.3, 0.4) is 0 Å². The van der Waals surface area contributed by atoms with E-state index in [1.807, 2.05) is 0 Å². The van der Waals surface area contributed by atoms with Crippen molar-refractivity contribution in [1.82, 2.24) is 10.0 Å². The van der Waals surface area contributed by atoms with E-state index in [4.69, 9.17) is 11.6 Å². The maximum Gasteiger partial charge on any atom is 0.243 e. The van der Waals surface area contributed by atoms with Crippen LogP contribution in [0.1, 0.15) is 51.4 Å². The summed E-state index contributed by atoms with van der Waals surface area (Å²) in [6, 6.07) is 6.30. The number of aldehydes is 1. The lowest BCUT2D eigenvalue weighted by atomic mass is 9.48. The molecule has 0 saturated heterocycles. The Balaban J connectivity index is 1.34. The molecule has 2 unspecified atom stereocenters. The molecule has 1 amide bonds. The zero-order chi connectivity index (χ0) is 21.1. The Bertz CT molecular complexity index is 975. The summed E-state index contributed by atoms with van der Waals surface area (Å²) in [5.74, 6) is 0.963. The van der Waals surface area contributed by atoms with Gasteiger partial charge in [0.15, 0.2) is 0 Å². The molecule has 162 valence electrons. The van der Waals surface area contributed by atoms with Crippen LogP contribution < -0.4 is 10.0 Å². The lowest BCUT2D eigenvalue weighted by Gasteiger charge is -2.58. The molecule has 5 fully saturated rings. The fraction of sp³-hybridized carbons (Fsp3) is 0.636. The number of hydrogen-bond donors (Lipinski definition) is 2. The Morgan fingerprint density at radius 2 is 1.77 bits per heavy atom. The fourth-order valence-corrected chi connectivity index (χ4v) is 8.58. The summed E-state index contributed by atoms with van der Waals surface area (Å²) in [6.45, 7) is 0. The van der Waals surface area contributed by atoms with Gasteiger partial charge in [-0.05, 0) is 81.3 Å². The molecule has 1 aromatic rings. The molecule has 5 saturated carbocycles. The van der Waals surface area contributed by atoms with Crippen LogP contribution in [0.2, 0.25) is 5.02 Å². The fourth-order valence-electron chi connectivity index (χ4n) is 6.64. The average Bonchev–Trinajstić information content (AvgIpc) is 2.67. The summed E-state index contributed by atoms with van der Waals surface area (Å²) in [6.07, 6.45) is 7.68. The topological polar surface area (TPSA) is 92.3 Å². The van der Waals surface area contributed by atoms with Crippen LogP contribution in [-0.4, -0.2) is 32.2 Å². The van der Waals surface area contributed by atoms with E-state index in [-0.39, 0.29) is 27.3 Å². The van der Waals surface area contributed by atoms with Gasteiger partial charge in [-0.1, -0.05) is 23.7 Å². The van der Waals surface area contributed by atoms with Gasteiger partial charge in [0.05, 0.1) is 5.02 Å². The van der Waals surface area contributed by atoms with Gasteiger partial charge in [0.2, 0.25) is 15.9 Å². The highest BCUT2D eigenvalue weighted by Crippen LogP contribution is 2.59. The minimum atomic E-state index is -3.92. The van der Waals surface area contributed by atoms with Crippen LogP contribution >= 0.6 is 11.6 Å². The molecule has 5 aliphatic rings. The third-order valence-electron chi connectivity index (χ3n) is 7.97. The second-order valence-electron chi connectivity index (χ2n) is 9.92. The van der Waals surface area contributed by atoms with E-state index >= 15 is 0 Å². The number of carbonyl (C=O) groups excluding carboxylic acids is 2. The van der Waals surface area contributed by atoms with Crippen LogP contribution in [-0.2, 0) is 19.6 Å². The van der Waals surface area contributed by atoms with Gasteiger partial charge >= 0.3 is 0 Å². The zero-order valence-corrected chi connectivity index (χ0v) is 18.3. The molecular weight excluding hydrogens is 424 g/mol. The summed E-state index contributed by atoms with van der Waals surface area (Å²) in [4.78, 5) is 25.1. The molecule has 0 heterocycles. The predicted octanol–water partition coefficient (Wildman–Crippen LogP) is 3.05. The summed E-state index contributed by atoms with van der Waals surface area (Å²) >= 11 is 6.10. The van der Waals surface area contributed by atoms with Gasteiger partial charge in [0.1, 0.15) is 16.7 Å². The van der Waals surface area contributed by atoms with E-state index < -0.39 is 15.6 Å². The predicted molar refractivity (Wildman–Crippen MR) is 112 cm³/mol.